The molecule has 134 valence electrons. The molecule has 0 aliphatic rings. The van der Waals surface area contributed by atoms with Gasteiger partial charge in [0.05, 0.1) is 5.69 Å². The zero-order valence-electron chi connectivity index (χ0n) is 15.3. The zero-order valence-corrected chi connectivity index (χ0v) is 15.3. The number of aromatic amines is 1. The molecule has 0 atom stereocenters. The molecule has 2 heterocycles. The highest BCUT2D eigenvalue weighted by Crippen LogP contribution is 2.22. The number of hydrogen-bond donors (Lipinski definition) is 2. The number of benzene rings is 1. The van der Waals surface area contributed by atoms with Crippen molar-refractivity contribution in [3.8, 4) is 5.95 Å². The highest BCUT2D eigenvalue weighted by molar-refractivity contribution is 6.04. The van der Waals surface area contributed by atoms with Gasteiger partial charge in [0.2, 0.25) is 5.95 Å². The first-order valence-electron chi connectivity index (χ1n) is 8.45. The summed E-state index contributed by atoms with van der Waals surface area (Å²) in [4.78, 5) is 32.1. The Morgan fingerprint density at radius 3 is 2.46 bits per heavy atom. The van der Waals surface area contributed by atoms with Crippen LogP contribution in [0.5, 0.6) is 0 Å². The van der Waals surface area contributed by atoms with Gasteiger partial charge in [-0.05, 0) is 39.3 Å². The minimum atomic E-state index is -0.251. The van der Waals surface area contributed by atoms with E-state index in [9.17, 15) is 9.59 Å². The number of carbonyl (C=O) groups excluding carboxylic acids is 1. The number of hydrogen-bond acceptors (Lipinski definition) is 4. The van der Waals surface area contributed by atoms with Gasteiger partial charge in [0, 0.05) is 22.4 Å². The lowest BCUT2D eigenvalue weighted by Gasteiger charge is -2.11. The van der Waals surface area contributed by atoms with Crippen LogP contribution >= 0.6 is 0 Å². The molecule has 1 amide bonds. The molecule has 7 heteroatoms. The first-order chi connectivity index (χ1) is 12.4. The third-order valence-electron chi connectivity index (χ3n) is 4.39. The Morgan fingerprint density at radius 2 is 1.85 bits per heavy atom. The molecule has 2 N–H and O–H groups in total. The molecule has 1 aromatic carbocycles. The second-order valence-corrected chi connectivity index (χ2v) is 6.10. The number of rotatable bonds is 4. The van der Waals surface area contributed by atoms with Crippen LogP contribution in [0.25, 0.3) is 5.95 Å². The molecule has 0 bridgehead atoms. The summed E-state index contributed by atoms with van der Waals surface area (Å²) in [7, 11) is 0. The Bertz CT molecular complexity index is 1020. The summed E-state index contributed by atoms with van der Waals surface area (Å²) in [6, 6.07) is 8.92. The lowest BCUT2D eigenvalue weighted by molar-refractivity contribution is 0.102. The van der Waals surface area contributed by atoms with Gasteiger partial charge >= 0.3 is 0 Å². The van der Waals surface area contributed by atoms with E-state index in [1.165, 1.54) is 4.68 Å². The zero-order chi connectivity index (χ0) is 18.8. The maximum Gasteiger partial charge on any atom is 0.256 e. The van der Waals surface area contributed by atoms with E-state index in [1.54, 1.807) is 31.2 Å². The van der Waals surface area contributed by atoms with Crippen LogP contribution in [0.4, 0.5) is 5.82 Å². The SMILES string of the molecule is CCc1c(C)nc(-n2nc(C)c(C)c2NC(=O)c2ccccc2)[nH]c1=O. The predicted octanol–water partition coefficient (Wildman–Crippen LogP) is 2.70. The molecule has 7 nitrogen and oxygen atoms in total. The first kappa shape index (κ1) is 17.6. The van der Waals surface area contributed by atoms with Crippen molar-refractivity contribution in [3.63, 3.8) is 0 Å². The van der Waals surface area contributed by atoms with Crippen LogP contribution in [0.3, 0.4) is 0 Å². The van der Waals surface area contributed by atoms with Gasteiger partial charge in [0.15, 0.2) is 0 Å². The third-order valence-corrected chi connectivity index (χ3v) is 4.39. The van der Waals surface area contributed by atoms with Crippen LogP contribution in [-0.4, -0.2) is 25.7 Å². The van der Waals surface area contributed by atoms with Crippen molar-refractivity contribution in [2.75, 3.05) is 5.32 Å². The Hall–Kier alpha value is -3.22. The van der Waals surface area contributed by atoms with E-state index in [4.69, 9.17) is 0 Å². The monoisotopic (exact) mass is 351 g/mol. The number of H-pyrrole nitrogens is 1. The lowest BCUT2D eigenvalue weighted by Crippen LogP contribution is -2.22. The maximum absolute atomic E-state index is 12.5. The first-order valence-corrected chi connectivity index (χ1v) is 8.45. The lowest BCUT2D eigenvalue weighted by atomic mass is 10.2. The summed E-state index contributed by atoms with van der Waals surface area (Å²) < 4.78 is 1.47. The highest BCUT2D eigenvalue weighted by atomic mass is 16.2. The van der Waals surface area contributed by atoms with Crippen molar-refractivity contribution in [3.05, 3.63) is 68.8 Å². The Labute approximate surface area is 151 Å². The topological polar surface area (TPSA) is 92.7 Å². The standard InChI is InChI=1S/C19H21N5O2/c1-5-15-13(4)20-19(22-18(15)26)24-16(11(2)12(3)23-24)21-17(25)14-9-7-6-8-10-14/h6-10H,5H2,1-4H3,(H,21,25)(H,20,22,26). The second kappa shape index (κ2) is 6.95. The Morgan fingerprint density at radius 1 is 1.15 bits per heavy atom. The Balaban J connectivity index is 2.06. The van der Waals surface area contributed by atoms with Crippen molar-refractivity contribution < 1.29 is 4.79 Å². The van der Waals surface area contributed by atoms with Gasteiger partial charge in [-0.15, -0.1) is 0 Å². The van der Waals surface area contributed by atoms with Gasteiger partial charge in [-0.1, -0.05) is 25.1 Å². The van der Waals surface area contributed by atoms with Crippen LogP contribution in [0.2, 0.25) is 0 Å². The fraction of sp³-hybridized carbons (Fsp3) is 0.263. The number of nitrogens with zero attached hydrogens (tertiary/aromatic N) is 3. The van der Waals surface area contributed by atoms with Crippen molar-refractivity contribution in [1.29, 1.82) is 0 Å². The number of anilines is 1. The largest absolute Gasteiger partial charge is 0.306 e. The van der Waals surface area contributed by atoms with Crippen LogP contribution in [0.15, 0.2) is 35.1 Å². The quantitative estimate of drug-likeness (QED) is 0.756. The summed E-state index contributed by atoms with van der Waals surface area (Å²) in [5.74, 6) is 0.520. The van der Waals surface area contributed by atoms with Crippen LogP contribution in [-0.2, 0) is 6.42 Å². The fourth-order valence-electron chi connectivity index (χ4n) is 2.79. The maximum atomic E-state index is 12.5. The van der Waals surface area contributed by atoms with Gasteiger partial charge < -0.3 is 5.32 Å². The number of aryl methyl sites for hydroxylation is 2. The molecule has 26 heavy (non-hydrogen) atoms. The summed E-state index contributed by atoms with van der Waals surface area (Å²) in [5, 5.41) is 7.32. The molecule has 3 rings (SSSR count). The van der Waals surface area contributed by atoms with Gasteiger partial charge in [-0.3, -0.25) is 14.6 Å². The molecule has 0 unspecified atom stereocenters. The van der Waals surface area contributed by atoms with Gasteiger partial charge in [-0.2, -0.15) is 9.78 Å². The molecule has 0 saturated carbocycles. The molecule has 0 saturated heterocycles. The van der Waals surface area contributed by atoms with E-state index in [0.717, 1.165) is 11.3 Å². The van der Waals surface area contributed by atoms with E-state index in [-0.39, 0.29) is 17.4 Å². The van der Waals surface area contributed by atoms with Crippen LogP contribution < -0.4 is 10.9 Å². The molecule has 0 fully saturated rings. The Kier molecular flexibility index (Phi) is 4.71. The van der Waals surface area contributed by atoms with Gasteiger partial charge in [0.1, 0.15) is 5.82 Å². The number of carbonyl (C=O) groups is 1. The molecule has 2 aromatic heterocycles. The molecular formula is C19H21N5O2. The smallest absolute Gasteiger partial charge is 0.256 e. The van der Waals surface area contributed by atoms with Crippen molar-refractivity contribution in [2.45, 2.75) is 34.1 Å². The molecular weight excluding hydrogens is 330 g/mol. The van der Waals surface area contributed by atoms with Gasteiger partial charge in [-0.25, -0.2) is 4.98 Å². The van der Waals surface area contributed by atoms with E-state index < -0.39 is 0 Å². The van der Waals surface area contributed by atoms with E-state index in [0.29, 0.717) is 29.1 Å². The van der Waals surface area contributed by atoms with E-state index >= 15 is 0 Å². The number of nitrogens with one attached hydrogen (secondary N) is 2. The minimum Gasteiger partial charge on any atom is -0.306 e. The summed E-state index contributed by atoms with van der Waals surface area (Å²) in [6.45, 7) is 7.41. The fourth-order valence-corrected chi connectivity index (χ4v) is 2.79. The van der Waals surface area contributed by atoms with Crippen molar-refractivity contribution >= 4 is 11.7 Å². The molecule has 0 aliphatic carbocycles. The summed E-state index contributed by atoms with van der Waals surface area (Å²) in [5.41, 5.74) is 3.20. The van der Waals surface area contributed by atoms with Crippen molar-refractivity contribution in [1.82, 2.24) is 19.7 Å². The summed E-state index contributed by atoms with van der Waals surface area (Å²) >= 11 is 0. The predicted molar refractivity (Wildman–Crippen MR) is 100.0 cm³/mol. The summed E-state index contributed by atoms with van der Waals surface area (Å²) in [6.07, 6.45) is 0.600. The van der Waals surface area contributed by atoms with E-state index in [2.05, 4.69) is 20.4 Å². The van der Waals surface area contributed by atoms with Crippen molar-refractivity contribution in [2.24, 2.45) is 0 Å². The normalized spacial score (nSPS) is 10.8. The van der Waals surface area contributed by atoms with Gasteiger partial charge in [0.25, 0.3) is 11.5 Å². The van der Waals surface area contributed by atoms with E-state index in [1.807, 2.05) is 26.8 Å². The van der Waals surface area contributed by atoms with Crippen LogP contribution in [0.1, 0.15) is 39.8 Å². The average Bonchev–Trinajstić information content (AvgIpc) is 2.90. The number of aromatic nitrogens is 4. The number of amides is 1. The molecule has 0 aliphatic heterocycles. The highest BCUT2D eigenvalue weighted by Gasteiger charge is 2.19. The average molecular weight is 351 g/mol. The van der Waals surface area contributed by atoms with Crippen LogP contribution in [0, 0.1) is 20.8 Å². The minimum absolute atomic E-state index is 0.193. The molecule has 0 radical (unpaired) electrons. The second-order valence-electron chi connectivity index (χ2n) is 6.10. The molecule has 0 spiro atoms. The third kappa shape index (κ3) is 3.15. The molecule has 3 aromatic rings.